The van der Waals surface area contributed by atoms with E-state index in [2.05, 4.69) is 15.1 Å². The number of allylic oxidation sites excluding steroid dienone is 1. The molecule has 27 heavy (non-hydrogen) atoms. The highest BCUT2D eigenvalue weighted by molar-refractivity contribution is 7.19. The minimum Gasteiger partial charge on any atom is -0.323 e. The van der Waals surface area contributed by atoms with E-state index in [0.717, 1.165) is 33.0 Å². The molecule has 4 aromatic heterocycles. The first kappa shape index (κ1) is 16.8. The molecule has 4 aromatic rings. The van der Waals surface area contributed by atoms with Crippen LogP contribution in [0.2, 0.25) is 4.34 Å². The lowest BCUT2D eigenvalue weighted by Gasteiger charge is -2.04. The Bertz CT molecular complexity index is 1310. The summed E-state index contributed by atoms with van der Waals surface area (Å²) in [5, 5.41) is 6.15. The topological polar surface area (TPSA) is 78.0 Å². The van der Waals surface area contributed by atoms with Crippen LogP contribution in [0.1, 0.15) is 10.7 Å². The SMILES string of the molecule is Cn1c2nc(CC3=NCC=C3)sc2c2cnn(Cc3ncsc3Cl)c(=O)c21. The molecule has 0 amide bonds. The van der Waals surface area contributed by atoms with Gasteiger partial charge in [-0.1, -0.05) is 17.7 Å². The zero-order valence-corrected chi connectivity index (χ0v) is 16.6. The third-order valence-corrected chi connectivity index (χ3v) is 6.72. The number of aryl methyl sites for hydroxylation is 1. The molecule has 136 valence electrons. The summed E-state index contributed by atoms with van der Waals surface area (Å²) < 4.78 is 4.80. The fourth-order valence-corrected chi connectivity index (χ4v) is 5.08. The Labute approximate surface area is 166 Å². The van der Waals surface area contributed by atoms with E-state index in [0.29, 0.717) is 22.0 Å². The Morgan fingerprint density at radius 1 is 1.37 bits per heavy atom. The summed E-state index contributed by atoms with van der Waals surface area (Å²) in [5.74, 6) is 0. The predicted molar refractivity (Wildman–Crippen MR) is 110 cm³/mol. The van der Waals surface area contributed by atoms with Gasteiger partial charge in [-0.05, 0) is 6.08 Å². The van der Waals surface area contributed by atoms with Gasteiger partial charge in [0.05, 0.1) is 35.2 Å². The summed E-state index contributed by atoms with van der Waals surface area (Å²) in [6.45, 7) is 0.996. The van der Waals surface area contributed by atoms with Crippen LogP contribution in [0, 0.1) is 0 Å². The predicted octanol–water partition coefficient (Wildman–Crippen LogP) is 3.06. The molecule has 0 atom stereocenters. The van der Waals surface area contributed by atoms with Gasteiger partial charge in [0.1, 0.15) is 14.9 Å². The summed E-state index contributed by atoms with van der Waals surface area (Å²) in [7, 11) is 1.86. The van der Waals surface area contributed by atoms with Crippen molar-refractivity contribution in [3.05, 3.63) is 49.3 Å². The molecular formula is C17H13ClN6OS2. The summed E-state index contributed by atoms with van der Waals surface area (Å²) in [6.07, 6.45) is 6.52. The van der Waals surface area contributed by atoms with Gasteiger partial charge in [-0.25, -0.2) is 14.6 Å². The van der Waals surface area contributed by atoms with Crippen molar-refractivity contribution in [3.63, 3.8) is 0 Å². The number of hydrogen-bond donors (Lipinski definition) is 0. The lowest BCUT2D eigenvalue weighted by Crippen LogP contribution is -2.24. The van der Waals surface area contributed by atoms with E-state index in [-0.39, 0.29) is 12.1 Å². The van der Waals surface area contributed by atoms with E-state index < -0.39 is 0 Å². The van der Waals surface area contributed by atoms with Crippen molar-refractivity contribution in [1.82, 2.24) is 24.3 Å². The monoisotopic (exact) mass is 416 g/mol. The van der Waals surface area contributed by atoms with E-state index in [9.17, 15) is 4.79 Å². The van der Waals surface area contributed by atoms with Crippen LogP contribution in [0.15, 0.2) is 33.6 Å². The smallest absolute Gasteiger partial charge is 0.291 e. The van der Waals surface area contributed by atoms with E-state index in [1.807, 2.05) is 23.8 Å². The molecule has 10 heteroatoms. The van der Waals surface area contributed by atoms with Gasteiger partial charge in [0.25, 0.3) is 5.56 Å². The van der Waals surface area contributed by atoms with Gasteiger partial charge in [-0.2, -0.15) is 5.10 Å². The van der Waals surface area contributed by atoms with Crippen molar-refractivity contribution in [3.8, 4) is 0 Å². The summed E-state index contributed by atoms with van der Waals surface area (Å²) in [6, 6.07) is 0. The molecule has 1 aliphatic heterocycles. The first-order chi connectivity index (χ1) is 13.1. The number of nitrogens with zero attached hydrogens (tertiary/aromatic N) is 6. The number of hydrogen-bond acceptors (Lipinski definition) is 7. The molecule has 5 rings (SSSR count). The van der Waals surface area contributed by atoms with Gasteiger partial charge in [0.15, 0.2) is 5.65 Å². The van der Waals surface area contributed by atoms with E-state index in [4.69, 9.17) is 16.6 Å². The highest BCUT2D eigenvalue weighted by atomic mass is 35.5. The number of halogens is 1. The molecule has 0 aliphatic carbocycles. The average Bonchev–Trinajstić information content (AvgIpc) is 3.41. The second kappa shape index (κ2) is 6.36. The molecule has 5 heterocycles. The zero-order chi connectivity index (χ0) is 18.5. The number of aromatic nitrogens is 5. The zero-order valence-electron chi connectivity index (χ0n) is 14.2. The number of fused-ring (bicyclic) bond motifs is 3. The normalized spacial score (nSPS) is 13.9. The fraction of sp³-hybridized carbons (Fsp3) is 0.235. The second-order valence-corrected chi connectivity index (χ2v) is 8.71. The largest absolute Gasteiger partial charge is 0.323 e. The van der Waals surface area contributed by atoms with Crippen molar-refractivity contribution in [2.75, 3.05) is 6.54 Å². The van der Waals surface area contributed by atoms with Crippen molar-refractivity contribution in [2.24, 2.45) is 12.0 Å². The Hall–Kier alpha value is -2.36. The van der Waals surface area contributed by atoms with Gasteiger partial charge in [0.2, 0.25) is 0 Å². The van der Waals surface area contributed by atoms with Crippen LogP contribution >= 0.6 is 34.3 Å². The molecule has 1 aliphatic rings. The molecule has 0 bridgehead atoms. The van der Waals surface area contributed by atoms with Crippen LogP contribution in [0.25, 0.3) is 21.3 Å². The summed E-state index contributed by atoms with van der Waals surface area (Å²) >= 11 is 9.04. The Kier molecular flexibility index (Phi) is 3.96. The van der Waals surface area contributed by atoms with Crippen molar-refractivity contribution in [1.29, 1.82) is 0 Å². The van der Waals surface area contributed by atoms with E-state index in [1.54, 1.807) is 23.0 Å². The van der Waals surface area contributed by atoms with Gasteiger partial charge < -0.3 is 4.57 Å². The maximum absolute atomic E-state index is 13.0. The Balaban J connectivity index is 1.60. The van der Waals surface area contributed by atoms with Gasteiger partial charge in [-0.3, -0.25) is 9.79 Å². The number of rotatable bonds is 4. The molecule has 7 nitrogen and oxygen atoms in total. The highest BCUT2D eigenvalue weighted by Crippen LogP contribution is 2.31. The number of aliphatic imine (C=N–C) groups is 1. The quantitative estimate of drug-likeness (QED) is 0.512. The minimum atomic E-state index is -0.172. The van der Waals surface area contributed by atoms with Crippen molar-refractivity contribution >= 4 is 61.2 Å². The standard InChI is InChI=1S/C17H13ClN6OS2/c1-23-13-10(6-21-24(17(13)25)7-11-15(18)26-8-20-11)14-16(23)22-12(27-14)5-9-3-2-4-19-9/h2-3,6,8H,4-5,7H2,1H3. The highest BCUT2D eigenvalue weighted by Gasteiger charge is 2.19. The average molecular weight is 417 g/mol. The molecule has 0 fully saturated rings. The van der Waals surface area contributed by atoms with Gasteiger partial charge in [0, 0.05) is 24.6 Å². The lowest BCUT2D eigenvalue weighted by molar-refractivity contribution is 0.635. The Morgan fingerprint density at radius 2 is 2.26 bits per heavy atom. The third kappa shape index (κ3) is 2.73. The molecule has 0 spiro atoms. The Morgan fingerprint density at radius 3 is 3.00 bits per heavy atom. The van der Waals surface area contributed by atoms with Crippen molar-refractivity contribution < 1.29 is 0 Å². The number of thiazole rings is 2. The molecule has 0 N–H and O–H groups in total. The maximum Gasteiger partial charge on any atom is 0.291 e. The van der Waals surface area contributed by atoms with Crippen LogP contribution in [0.4, 0.5) is 0 Å². The van der Waals surface area contributed by atoms with Crippen molar-refractivity contribution in [2.45, 2.75) is 13.0 Å². The molecule has 0 saturated carbocycles. The first-order valence-corrected chi connectivity index (χ1v) is 10.3. The van der Waals surface area contributed by atoms with Crippen LogP contribution < -0.4 is 5.56 Å². The van der Waals surface area contributed by atoms with Crippen LogP contribution in [-0.2, 0) is 20.0 Å². The van der Waals surface area contributed by atoms with E-state index >= 15 is 0 Å². The molecule has 0 saturated heterocycles. The third-order valence-electron chi connectivity index (χ3n) is 4.50. The van der Waals surface area contributed by atoms with Crippen LogP contribution in [0.3, 0.4) is 0 Å². The maximum atomic E-state index is 13.0. The summed E-state index contributed by atoms with van der Waals surface area (Å²) in [5.41, 5.74) is 4.57. The fourth-order valence-electron chi connectivity index (χ4n) is 3.20. The minimum absolute atomic E-state index is 0.172. The molecule has 0 aromatic carbocycles. The van der Waals surface area contributed by atoms with Crippen LogP contribution in [0.5, 0.6) is 0 Å². The van der Waals surface area contributed by atoms with Gasteiger partial charge >= 0.3 is 0 Å². The van der Waals surface area contributed by atoms with Crippen LogP contribution in [-0.4, -0.2) is 36.6 Å². The van der Waals surface area contributed by atoms with E-state index in [1.165, 1.54) is 16.0 Å². The molecule has 0 unspecified atom stereocenters. The molecule has 0 radical (unpaired) electrons. The second-order valence-electron chi connectivity index (χ2n) is 6.17. The van der Waals surface area contributed by atoms with Gasteiger partial charge in [-0.15, -0.1) is 22.7 Å². The summed E-state index contributed by atoms with van der Waals surface area (Å²) in [4.78, 5) is 26.3. The lowest BCUT2D eigenvalue weighted by atomic mass is 10.3. The molecular weight excluding hydrogens is 404 g/mol. The first-order valence-electron chi connectivity index (χ1n) is 8.23.